The fourth-order valence-corrected chi connectivity index (χ4v) is 2.27. The van der Waals surface area contributed by atoms with Crippen molar-refractivity contribution in [2.45, 2.75) is 6.04 Å². The smallest absolute Gasteiger partial charge is 0.251 e. The number of halogens is 2. The summed E-state index contributed by atoms with van der Waals surface area (Å²) < 4.78 is 13.7. The van der Waals surface area contributed by atoms with Crippen LogP contribution in [0.2, 0.25) is 0 Å². The van der Waals surface area contributed by atoms with E-state index in [1.54, 1.807) is 6.07 Å². The third-order valence-corrected chi connectivity index (χ3v) is 3.29. The number of carbonyl (C=O) groups excluding carboxylic acids is 1. The summed E-state index contributed by atoms with van der Waals surface area (Å²) >= 11 is 3.15. The normalized spacial score (nSPS) is 11.9. The Balaban J connectivity index is 1.98. The third-order valence-electron chi connectivity index (χ3n) is 2.84. The Bertz CT molecular complexity index is 584. The molecule has 0 saturated heterocycles. The molecule has 0 bridgehead atoms. The van der Waals surface area contributed by atoms with Gasteiger partial charge in [-0.1, -0.05) is 46.3 Å². The van der Waals surface area contributed by atoms with Crippen molar-refractivity contribution in [3.05, 3.63) is 69.9 Å². The maximum absolute atomic E-state index is 13.2. The van der Waals surface area contributed by atoms with E-state index in [0.29, 0.717) is 4.47 Å². The zero-order chi connectivity index (χ0) is 14.5. The van der Waals surface area contributed by atoms with Gasteiger partial charge in [0.05, 0.1) is 0 Å². The average molecular weight is 337 g/mol. The van der Waals surface area contributed by atoms with E-state index >= 15 is 0 Å². The molecule has 0 aliphatic carbocycles. The number of rotatable bonds is 4. The van der Waals surface area contributed by atoms with Gasteiger partial charge in [0.25, 0.3) is 5.91 Å². The van der Waals surface area contributed by atoms with E-state index in [0.717, 1.165) is 5.56 Å². The topological polar surface area (TPSA) is 55.1 Å². The van der Waals surface area contributed by atoms with Gasteiger partial charge >= 0.3 is 0 Å². The summed E-state index contributed by atoms with van der Waals surface area (Å²) in [6, 6.07) is 13.2. The first-order valence-corrected chi connectivity index (χ1v) is 6.90. The molecule has 0 aliphatic rings. The standard InChI is InChI=1S/C15H14BrFN2O/c16-12-6-11(7-13(17)8-12)15(20)19-9-14(18)10-4-2-1-3-5-10/h1-8,14H,9,18H2,(H,19,20). The molecule has 0 spiro atoms. The first kappa shape index (κ1) is 14.7. The number of nitrogens with one attached hydrogen (secondary N) is 1. The van der Waals surface area contributed by atoms with Crippen molar-refractivity contribution in [1.82, 2.24) is 5.32 Å². The van der Waals surface area contributed by atoms with Gasteiger partial charge in [-0.25, -0.2) is 4.39 Å². The van der Waals surface area contributed by atoms with Crippen LogP contribution in [0.4, 0.5) is 4.39 Å². The predicted octanol–water partition coefficient (Wildman–Crippen LogP) is 3.02. The summed E-state index contributed by atoms with van der Waals surface area (Å²) in [6.07, 6.45) is 0. The molecule has 2 aromatic rings. The van der Waals surface area contributed by atoms with Crippen LogP contribution in [0.25, 0.3) is 0 Å². The minimum atomic E-state index is -0.461. The van der Waals surface area contributed by atoms with Crippen molar-refractivity contribution in [3.63, 3.8) is 0 Å². The van der Waals surface area contributed by atoms with Crippen LogP contribution < -0.4 is 11.1 Å². The molecule has 2 rings (SSSR count). The van der Waals surface area contributed by atoms with Crippen LogP contribution in [-0.2, 0) is 0 Å². The molecule has 0 saturated carbocycles. The number of hydrogen-bond acceptors (Lipinski definition) is 2. The molecule has 104 valence electrons. The van der Waals surface area contributed by atoms with Crippen molar-refractivity contribution in [1.29, 1.82) is 0 Å². The van der Waals surface area contributed by atoms with Gasteiger partial charge in [0.2, 0.25) is 0 Å². The van der Waals surface area contributed by atoms with Crippen LogP contribution in [0.15, 0.2) is 53.0 Å². The molecule has 20 heavy (non-hydrogen) atoms. The van der Waals surface area contributed by atoms with Crippen LogP contribution in [0.5, 0.6) is 0 Å². The molecular weight excluding hydrogens is 323 g/mol. The van der Waals surface area contributed by atoms with Gasteiger partial charge in [-0.15, -0.1) is 0 Å². The molecule has 3 N–H and O–H groups in total. The minimum Gasteiger partial charge on any atom is -0.350 e. The molecule has 2 aromatic carbocycles. The Morgan fingerprint density at radius 3 is 2.60 bits per heavy atom. The zero-order valence-corrected chi connectivity index (χ0v) is 12.2. The van der Waals surface area contributed by atoms with Crippen LogP contribution in [-0.4, -0.2) is 12.5 Å². The van der Waals surface area contributed by atoms with E-state index in [1.807, 2.05) is 30.3 Å². The number of nitrogens with two attached hydrogens (primary N) is 1. The predicted molar refractivity (Wildman–Crippen MR) is 79.8 cm³/mol. The second-order valence-electron chi connectivity index (χ2n) is 4.39. The van der Waals surface area contributed by atoms with Gasteiger partial charge in [0.15, 0.2) is 0 Å². The summed E-state index contributed by atoms with van der Waals surface area (Å²) in [7, 11) is 0. The van der Waals surface area contributed by atoms with Crippen LogP contribution >= 0.6 is 15.9 Å². The monoisotopic (exact) mass is 336 g/mol. The van der Waals surface area contributed by atoms with Gasteiger partial charge in [-0.05, 0) is 23.8 Å². The number of hydrogen-bond donors (Lipinski definition) is 2. The van der Waals surface area contributed by atoms with Crippen molar-refractivity contribution in [3.8, 4) is 0 Å². The molecular formula is C15H14BrFN2O. The maximum atomic E-state index is 13.2. The van der Waals surface area contributed by atoms with Gasteiger partial charge in [0.1, 0.15) is 5.82 Å². The molecule has 1 unspecified atom stereocenters. The van der Waals surface area contributed by atoms with Crippen LogP contribution in [0.3, 0.4) is 0 Å². The summed E-state index contributed by atoms with van der Waals surface area (Å²) in [5.74, 6) is -0.812. The number of carbonyl (C=O) groups is 1. The highest BCUT2D eigenvalue weighted by Gasteiger charge is 2.11. The molecule has 0 fully saturated rings. The van der Waals surface area contributed by atoms with E-state index in [-0.39, 0.29) is 24.1 Å². The molecule has 0 radical (unpaired) electrons. The van der Waals surface area contributed by atoms with Crippen molar-refractivity contribution in [2.75, 3.05) is 6.54 Å². The second-order valence-corrected chi connectivity index (χ2v) is 5.30. The number of benzene rings is 2. The third kappa shape index (κ3) is 3.88. The minimum absolute atomic E-state index is 0.261. The average Bonchev–Trinajstić information content (AvgIpc) is 2.44. The Morgan fingerprint density at radius 2 is 1.95 bits per heavy atom. The first-order chi connectivity index (χ1) is 9.56. The quantitative estimate of drug-likeness (QED) is 0.901. The Kier molecular flexibility index (Phi) is 4.87. The molecule has 0 aliphatic heterocycles. The van der Waals surface area contributed by atoms with E-state index < -0.39 is 5.82 Å². The van der Waals surface area contributed by atoms with Gasteiger partial charge < -0.3 is 11.1 Å². The Hall–Kier alpha value is -1.72. The Labute approximate surface area is 125 Å². The van der Waals surface area contributed by atoms with Crippen molar-refractivity contribution < 1.29 is 9.18 Å². The molecule has 3 nitrogen and oxygen atoms in total. The zero-order valence-electron chi connectivity index (χ0n) is 10.6. The van der Waals surface area contributed by atoms with Crippen molar-refractivity contribution in [2.24, 2.45) is 5.73 Å². The molecule has 1 amide bonds. The lowest BCUT2D eigenvalue weighted by Crippen LogP contribution is -2.31. The lowest BCUT2D eigenvalue weighted by Gasteiger charge is -2.13. The van der Waals surface area contributed by atoms with E-state index in [9.17, 15) is 9.18 Å². The first-order valence-electron chi connectivity index (χ1n) is 6.11. The van der Waals surface area contributed by atoms with Gasteiger partial charge in [-0.2, -0.15) is 0 Å². The van der Waals surface area contributed by atoms with Crippen LogP contribution in [0, 0.1) is 5.82 Å². The van der Waals surface area contributed by atoms with E-state index in [1.165, 1.54) is 12.1 Å². The van der Waals surface area contributed by atoms with Crippen LogP contribution in [0.1, 0.15) is 22.0 Å². The molecule has 0 heterocycles. The molecule has 0 aromatic heterocycles. The summed E-state index contributed by atoms with van der Waals surface area (Å²) in [5, 5.41) is 2.70. The maximum Gasteiger partial charge on any atom is 0.251 e. The summed E-state index contributed by atoms with van der Waals surface area (Å²) in [6.45, 7) is 0.289. The lowest BCUT2D eigenvalue weighted by atomic mass is 10.1. The highest BCUT2D eigenvalue weighted by molar-refractivity contribution is 9.10. The van der Waals surface area contributed by atoms with Crippen molar-refractivity contribution >= 4 is 21.8 Å². The highest BCUT2D eigenvalue weighted by Crippen LogP contribution is 2.15. The SMILES string of the molecule is NC(CNC(=O)c1cc(F)cc(Br)c1)c1ccccc1. The lowest BCUT2D eigenvalue weighted by molar-refractivity contribution is 0.0950. The second kappa shape index (κ2) is 6.63. The summed E-state index contributed by atoms with van der Waals surface area (Å²) in [4.78, 5) is 11.9. The van der Waals surface area contributed by atoms with E-state index in [2.05, 4.69) is 21.2 Å². The largest absolute Gasteiger partial charge is 0.350 e. The fraction of sp³-hybridized carbons (Fsp3) is 0.133. The fourth-order valence-electron chi connectivity index (χ4n) is 1.81. The Morgan fingerprint density at radius 1 is 1.25 bits per heavy atom. The van der Waals surface area contributed by atoms with Gasteiger partial charge in [0, 0.05) is 22.6 Å². The highest BCUT2D eigenvalue weighted by atomic mass is 79.9. The number of amides is 1. The van der Waals surface area contributed by atoms with Gasteiger partial charge in [-0.3, -0.25) is 4.79 Å². The summed E-state index contributed by atoms with van der Waals surface area (Å²) in [5.41, 5.74) is 7.18. The van der Waals surface area contributed by atoms with E-state index in [4.69, 9.17) is 5.73 Å². The molecule has 1 atom stereocenters. The molecule has 5 heteroatoms.